The van der Waals surface area contributed by atoms with Gasteiger partial charge in [-0.05, 0) is 31.6 Å². The van der Waals surface area contributed by atoms with Gasteiger partial charge in [-0.2, -0.15) is 0 Å². The summed E-state index contributed by atoms with van der Waals surface area (Å²) in [5, 5.41) is 2.77. The molecular formula is C15H26N2O2. The van der Waals surface area contributed by atoms with Gasteiger partial charge in [-0.25, -0.2) is 0 Å². The molecule has 1 saturated carbocycles. The van der Waals surface area contributed by atoms with E-state index in [2.05, 4.69) is 19.2 Å². The number of rotatable bonds is 2. The molecule has 1 saturated heterocycles. The van der Waals surface area contributed by atoms with E-state index in [9.17, 15) is 9.59 Å². The van der Waals surface area contributed by atoms with Crippen molar-refractivity contribution in [1.29, 1.82) is 0 Å². The van der Waals surface area contributed by atoms with Gasteiger partial charge in [0.15, 0.2) is 0 Å². The van der Waals surface area contributed by atoms with Crippen LogP contribution in [0.15, 0.2) is 0 Å². The maximum absolute atomic E-state index is 12.5. The smallest absolute Gasteiger partial charge is 0.245 e. The van der Waals surface area contributed by atoms with E-state index < -0.39 is 0 Å². The Morgan fingerprint density at radius 1 is 1.21 bits per heavy atom. The van der Waals surface area contributed by atoms with Crippen molar-refractivity contribution in [3.05, 3.63) is 0 Å². The van der Waals surface area contributed by atoms with Crippen molar-refractivity contribution in [1.82, 2.24) is 10.2 Å². The molecule has 1 heterocycles. The number of nitrogens with zero attached hydrogens (tertiary/aromatic N) is 1. The highest BCUT2D eigenvalue weighted by Gasteiger charge is 2.37. The molecule has 1 N–H and O–H groups in total. The fourth-order valence-corrected chi connectivity index (χ4v) is 3.59. The zero-order valence-electron chi connectivity index (χ0n) is 12.3. The van der Waals surface area contributed by atoms with E-state index in [1.807, 2.05) is 4.90 Å². The number of hydrogen-bond acceptors (Lipinski definition) is 2. The summed E-state index contributed by atoms with van der Waals surface area (Å²) >= 11 is 0. The van der Waals surface area contributed by atoms with Crippen molar-refractivity contribution < 1.29 is 9.59 Å². The van der Waals surface area contributed by atoms with Gasteiger partial charge in [-0.1, -0.05) is 26.7 Å². The number of hydrogen-bond donors (Lipinski definition) is 1. The first-order valence-corrected chi connectivity index (χ1v) is 7.60. The molecule has 0 bridgehead atoms. The van der Waals surface area contributed by atoms with Gasteiger partial charge in [-0.3, -0.25) is 9.59 Å². The fourth-order valence-electron chi connectivity index (χ4n) is 3.59. The highest BCUT2D eigenvalue weighted by atomic mass is 16.2. The van der Waals surface area contributed by atoms with Crippen LogP contribution < -0.4 is 5.32 Å². The first-order chi connectivity index (χ1) is 9.00. The zero-order valence-corrected chi connectivity index (χ0v) is 12.3. The van der Waals surface area contributed by atoms with E-state index in [1.165, 1.54) is 19.3 Å². The van der Waals surface area contributed by atoms with Crippen molar-refractivity contribution in [2.24, 2.45) is 11.8 Å². The Kier molecular flexibility index (Phi) is 4.48. The normalized spacial score (nSPS) is 33.3. The molecule has 0 radical (unpaired) electrons. The van der Waals surface area contributed by atoms with Crippen molar-refractivity contribution in [2.45, 2.75) is 65.0 Å². The molecule has 2 amide bonds. The van der Waals surface area contributed by atoms with Crippen LogP contribution in [0, 0.1) is 11.8 Å². The molecule has 2 rings (SSSR count). The molecule has 3 atom stereocenters. The molecule has 0 spiro atoms. The van der Waals surface area contributed by atoms with Crippen LogP contribution >= 0.6 is 0 Å². The molecule has 0 aromatic heterocycles. The second-order valence-electron chi connectivity index (χ2n) is 6.33. The van der Waals surface area contributed by atoms with E-state index in [0.29, 0.717) is 30.8 Å². The number of carbonyl (C=O) groups excluding carboxylic acids is 2. The monoisotopic (exact) mass is 266 g/mol. The lowest BCUT2D eigenvalue weighted by Gasteiger charge is -2.42. The minimum absolute atomic E-state index is 0.000237. The predicted molar refractivity (Wildman–Crippen MR) is 74.5 cm³/mol. The van der Waals surface area contributed by atoms with Gasteiger partial charge in [-0.15, -0.1) is 0 Å². The lowest BCUT2D eigenvalue weighted by molar-refractivity contribution is -0.137. The minimum Gasteiger partial charge on any atom is -0.345 e. The van der Waals surface area contributed by atoms with Gasteiger partial charge in [0.2, 0.25) is 11.8 Å². The van der Waals surface area contributed by atoms with Crippen LogP contribution in [0.2, 0.25) is 0 Å². The average Bonchev–Trinajstić information content (AvgIpc) is 2.50. The van der Waals surface area contributed by atoms with Crippen LogP contribution in [0.25, 0.3) is 0 Å². The van der Waals surface area contributed by atoms with E-state index in [1.54, 1.807) is 6.92 Å². The molecule has 4 heteroatoms. The quantitative estimate of drug-likeness (QED) is 0.830. The number of carbonyl (C=O) groups is 2. The first-order valence-electron chi connectivity index (χ1n) is 7.60. The maximum Gasteiger partial charge on any atom is 0.245 e. The molecule has 4 nitrogen and oxygen atoms in total. The number of nitrogens with one attached hydrogen (secondary N) is 1. The summed E-state index contributed by atoms with van der Waals surface area (Å²) in [6, 6.07) is -0.0406. The van der Waals surface area contributed by atoms with Crippen LogP contribution in [0.1, 0.15) is 52.9 Å². The molecule has 1 aliphatic carbocycles. The second kappa shape index (κ2) is 5.93. The van der Waals surface area contributed by atoms with Crippen LogP contribution in [-0.2, 0) is 9.59 Å². The largest absolute Gasteiger partial charge is 0.345 e. The third-order valence-electron chi connectivity index (χ3n) is 4.65. The fraction of sp³-hybridized carbons (Fsp3) is 0.867. The van der Waals surface area contributed by atoms with Gasteiger partial charge in [0.25, 0.3) is 0 Å². The highest BCUT2D eigenvalue weighted by Crippen LogP contribution is 2.34. The van der Waals surface area contributed by atoms with E-state index >= 15 is 0 Å². The van der Waals surface area contributed by atoms with E-state index in [0.717, 1.165) is 6.42 Å². The van der Waals surface area contributed by atoms with Crippen LogP contribution in [0.4, 0.5) is 0 Å². The Hall–Kier alpha value is -1.06. The lowest BCUT2D eigenvalue weighted by atomic mass is 9.77. The standard InChI is InChI=1S/C15H26N2O2/c1-10(2)12-6-4-5-7-13(12)17-9-8-14(18)16-11(3)15(17)19/h10-13H,4-9H2,1-3H3,(H,16,18). The first kappa shape index (κ1) is 14.4. The summed E-state index contributed by atoms with van der Waals surface area (Å²) < 4.78 is 0. The van der Waals surface area contributed by atoms with Crippen molar-refractivity contribution in [3.8, 4) is 0 Å². The Morgan fingerprint density at radius 2 is 1.89 bits per heavy atom. The molecule has 2 fully saturated rings. The van der Waals surface area contributed by atoms with E-state index in [-0.39, 0.29) is 17.9 Å². The lowest BCUT2D eigenvalue weighted by Crippen LogP contribution is -2.51. The van der Waals surface area contributed by atoms with Crippen LogP contribution in [0.5, 0.6) is 0 Å². The van der Waals surface area contributed by atoms with Crippen molar-refractivity contribution in [3.63, 3.8) is 0 Å². The van der Waals surface area contributed by atoms with Crippen LogP contribution in [-0.4, -0.2) is 35.3 Å². The molecule has 0 aromatic rings. The highest BCUT2D eigenvalue weighted by molar-refractivity contribution is 5.89. The number of amides is 2. The minimum atomic E-state index is -0.371. The van der Waals surface area contributed by atoms with Gasteiger partial charge in [0.05, 0.1) is 0 Å². The topological polar surface area (TPSA) is 49.4 Å². The van der Waals surface area contributed by atoms with Crippen molar-refractivity contribution in [2.75, 3.05) is 6.54 Å². The second-order valence-corrected chi connectivity index (χ2v) is 6.33. The van der Waals surface area contributed by atoms with Gasteiger partial charge < -0.3 is 10.2 Å². The summed E-state index contributed by atoms with van der Waals surface area (Å²) in [4.78, 5) is 26.1. The Balaban J connectivity index is 2.17. The summed E-state index contributed by atoms with van der Waals surface area (Å²) in [5.74, 6) is 1.28. The SMILES string of the molecule is CC1NC(=O)CCN(C2CCCCC2C(C)C)C1=O. The summed E-state index contributed by atoms with van der Waals surface area (Å²) in [6.45, 7) is 6.88. The Bertz CT molecular complexity index is 354. The molecular weight excluding hydrogens is 240 g/mol. The maximum atomic E-state index is 12.5. The zero-order chi connectivity index (χ0) is 14.0. The Morgan fingerprint density at radius 3 is 2.58 bits per heavy atom. The third-order valence-corrected chi connectivity index (χ3v) is 4.65. The molecule has 0 aromatic carbocycles. The summed E-state index contributed by atoms with van der Waals surface area (Å²) in [5.41, 5.74) is 0. The Labute approximate surface area is 115 Å². The van der Waals surface area contributed by atoms with Crippen LogP contribution in [0.3, 0.4) is 0 Å². The summed E-state index contributed by atoms with van der Waals surface area (Å²) in [7, 11) is 0. The average molecular weight is 266 g/mol. The van der Waals surface area contributed by atoms with Gasteiger partial charge >= 0.3 is 0 Å². The van der Waals surface area contributed by atoms with E-state index in [4.69, 9.17) is 0 Å². The predicted octanol–water partition coefficient (Wildman–Crippen LogP) is 1.94. The molecule has 3 unspecified atom stereocenters. The molecule has 19 heavy (non-hydrogen) atoms. The molecule has 1 aliphatic heterocycles. The molecule has 108 valence electrons. The van der Waals surface area contributed by atoms with Gasteiger partial charge in [0.1, 0.15) is 6.04 Å². The third kappa shape index (κ3) is 3.10. The summed E-state index contributed by atoms with van der Waals surface area (Å²) in [6.07, 6.45) is 5.22. The van der Waals surface area contributed by atoms with Crippen molar-refractivity contribution >= 4 is 11.8 Å². The molecule has 2 aliphatic rings. The van der Waals surface area contributed by atoms with Gasteiger partial charge in [0, 0.05) is 19.0 Å².